The van der Waals surface area contributed by atoms with Gasteiger partial charge in [0.15, 0.2) is 29.0 Å². The van der Waals surface area contributed by atoms with Gasteiger partial charge in [0.2, 0.25) is 0 Å². The molecule has 0 fully saturated rings. The monoisotopic (exact) mass is 757 g/mol. The van der Waals surface area contributed by atoms with Crippen LogP contribution in [0.25, 0.3) is 89.7 Å². The molecule has 3 N–H and O–H groups in total. The molecule has 0 atom stereocenters. The molecule has 1 radical (unpaired) electrons. The van der Waals surface area contributed by atoms with Crippen LogP contribution in [0.3, 0.4) is 0 Å². The molecule has 8 bridgehead atoms. The number of nitrogens with zero attached hydrogens (tertiary/aromatic N) is 7. The van der Waals surface area contributed by atoms with Crippen LogP contribution in [0, 0.1) is 0 Å². The third kappa shape index (κ3) is 5.97. The van der Waals surface area contributed by atoms with Crippen LogP contribution in [0.4, 0.5) is 0 Å². The van der Waals surface area contributed by atoms with E-state index < -0.39 is 10.3 Å². The van der Waals surface area contributed by atoms with Crippen molar-refractivity contribution in [1.82, 2.24) is 49.5 Å². The number of aromatic nitrogens is 8. The topological polar surface area (TPSA) is 168 Å². The zero-order chi connectivity index (χ0) is 34.7. The maximum Gasteiger partial charge on any atom is 0.382 e. The molecule has 0 saturated heterocycles. The van der Waals surface area contributed by atoms with Gasteiger partial charge in [0.25, 0.3) is 0 Å². The molecule has 0 amide bonds. The van der Waals surface area contributed by atoms with Crippen molar-refractivity contribution in [3.05, 3.63) is 91.0 Å². The van der Waals surface area contributed by atoms with Crippen LogP contribution in [0.15, 0.2) is 91.0 Å². The van der Waals surface area contributed by atoms with Crippen LogP contribution in [-0.4, -0.2) is 80.4 Å². The Labute approximate surface area is 308 Å². The van der Waals surface area contributed by atoms with E-state index >= 15 is 0 Å². The Morgan fingerprint density at radius 1 is 0.596 bits per heavy atom. The predicted octanol–water partition coefficient (Wildman–Crippen LogP) is 6.03. The van der Waals surface area contributed by atoms with E-state index in [2.05, 4.69) is 14.7 Å². The molecule has 52 heavy (non-hydrogen) atoms. The Balaban J connectivity index is 0.00000387. The second kappa shape index (κ2) is 13.2. The molecule has 5 heterocycles. The van der Waals surface area contributed by atoms with Crippen LogP contribution in [0.1, 0.15) is 6.42 Å². The maximum atomic E-state index is 13.2. The minimum absolute atomic E-state index is 0. The van der Waals surface area contributed by atoms with Gasteiger partial charge in [-0.15, -0.1) is 0 Å². The van der Waals surface area contributed by atoms with Crippen molar-refractivity contribution in [2.75, 3.05) is 27.2 Å². The number of H-pyrrole nitrogens is 2. The van der Waals surface area contributed by atoms with Gasteiger partial charge in [0.05, 0.1) is 5.39 Å². The molecule has 0 spiro atoms. The van der Waals surface area contributed by atoms with E-state index in [0.717, 1.165) is 39.6 Å². The zero-order valence-corrected chi connectivity index (χ0v) is 29.6. The largest absolute Gasteiger partial charge is 0.382 e. The average Bonchev–Trinajstić information content (AvgIpc) is 3.86. The molecule has 2 aliphatic heterocycles. The summed E-state index contributed by atoms with van der Waals surface area (Å²) in [6, 6.07) is 28.5. The van der Waals surface area contributed by atoms with Gasteiger partial charge < -0.3 is 19.1 Å². The van der Waals surface area contributed by atoms with Crippen molar-refractivity contribution in [1.29, 1.82) is 0 Å². The van der Waals surface area contributed by atoms with Crippen molar-refractivity contribution in [3.63, 3.8) is 0 Å². The molecule has 3 aromatic heterocycles. The SMILES string of the molecule is CN(C)CCCNS(=O)(=O)Oc1cccc2c3nc4nc(nc5[nH]c(nc6nc(nc([nH]3)c12)-c1ccccc1-6)c1ccccc51)-c1ccccc1-4.[Cu]. The van der Waals surface area contributed by atoms with Crippen molar-refractivity contribution in [3.8, 4) is 51.3 Å². The number of fused-ring (bicyclic) bond motifs is 20. The Hall–Kier alpha value is -5.57. The Morgan fingerprint density at radius 2 is 1.04 bits per heavy atom. The standard InChI is InChI=1S/C37H30N10O3S.Cu/c1-47(2)20-10-19-38-51(48,49)50-28-18-9-17-27-29(28)37-45-35-26-16-8-7-15-25(26)33(43-35)41-31-22-12-4-3-11-21(22)30(39-31)40-32-23-13-5-6-14-24(23)34(42-32)44-36(27)46-37;/h3-9,11-18,38H,10,19-20H2,1-2H3,(H2,39,40,41,42,43,44,45,46);. The average molecular weight is 758 g/mol. The van der Waals surface area contributed by atoms with Crippen molar-refractivity contribution in [2.45, 2.75) is 6.42 Å². The smallest absolute Gasteiger partial charge is 0.370 e. The molecule has 9 rings (SSSR count). The summed E-state index contributed by atoms with van der Waals surface area (Å²) in [4.78, 5) is 38.6. The predicted molar refractivity (Wildman–Crippen MR) is 197 cm³/mol. The molecule has 0 unspecified atom stereocenters. The van der Waals surface area contributed by atoms with Gasteiger partial charge in [0, 0.05) is 62.0 Å². The minimum Gasteiger partial charge on any atom is -0.370 e. The summed E-state index contributed by atoms with van der Waals surface area (Å²) in [6.07, 6.45) is 0.616. The molecule has 0 saturated carbocycles. The summed E-state index contributed by atoms with van der Waals surface area (Å²) in [5, 5.41) is 2.78. The maximum absolute atomic E-state index is 13.2. The summed E-state index contributed by atoms with van der Waals surface area (Å²) in [7, 11) is -0.310. The van der Waals surface area contributed by atoms with E-state index in [4.69, 9.17) is 34.1 Å². The quantitative estimate of drug-likeness (QED) is 0.129. The molecule has 263 valence electrons. The van der Waals surface area contributed by atoms with E-state index in [1.807, 2.05) is 97.9 Å². The molecule has 4 aromatic carbocycles. The van der Waals surface area contributed by atoms with E-state index in [1.165, 1.54) is 0 Å². The first-order valence-electron chi connectivity index (χ1n) is 16.4. The van der Waals surface area contributed by atoms with Crippen LogP contribution in [0.2, 0.25) is 0 Å². The van der Waals surface area contributed by atoms with Gasteiger partial charge in [-0.05, 0) is 33.1 Å². The number of nitrogens with one attached hydrogen (secondary N) is 3. The van der Waals surface area contributed by atoms with Crippen molar-refractivity contribution >= 4 is 54.4 Å². The van der Waals surface area contributed by atoms with Crippen LogP contribution >= 0.6 is 0 Å². The van der Waals surface area contributed by atoms with E-state index in [1.54, 1.807) is 12.1 Å². The fraction of sp³-hybridized carbons (Fsp3) is 0.135. The Kier molecular flexibility index (Phi) is 8.52. The number of benzene rings is 4. The zero-order valence-electron chi connectivity index (χ0n) is 27.8. The first-order chi connectivity index (χ1) is 24.8. The van der Waals surface area contributed by atoms with Crippen LogP contribution < -0.4 is 8.91 Å². The van der Waals surface area contributed by atoms with E-state index in [-0.39, 0.29) is 29.4 Å². The summed E-state index contributed by atoms with van der Waals surface area (Å²) in [6.45, 7) is 0.942. The molecular formula is C37H30CuN10O3S. The summed E-state index contributed by atoms with van der Waals surface area (Å²) in [5.74, 6) is 1.88. The normalized spacial score (nSPS) is 12.1. The molecule has 7 aromatic rings. The number of rotatable bonds is 7. The van der Waals surface area contributed by atoms with E-state index in [9.17, 15) is 8.42 Å². The van der Waals surface area contributed by atoms with Gasteiger partial charge in [-0.3, -0.25) is 0 Å². The summed E-state index contributed by atoms with van der Waals surface area (Å²) < 4.78 is 34.6. The number of hydrogen-bond donors (Lipinski definition) is 3. The summed E-state index contributed by atoms with van der Waals surface area (Å²) in [5.41, 5.74) is 5.13. The number of hydrogen-bond acceptors (Lipinski definition) is 10. The van der Waals surface area contributed by atoms with Crippen LogP contribution in [0.5, 0.6) is 5.75 Å². The van der Waals surface area contributed by atoms with Gasteiger partial charge >= 0.3 is 10.3 Å². The third-order valence-corrected chi connectivity index (χ3v) is 9.76. The van der Waals surface area contributed by atoms with Crippen LogP contribution in [-0.2, 0) is 27.4 Å². The molecule has 15 heteroatoms. The first kappa shape index (κ1) is 33.6. The van der Waals surface area contributed by atoms with E-state index in [0.29, 0.717) is 63.1 Å². The van der Waals surface area contributed by atoms with Crippen molar-refractivity contribution in [2.24, 2.45) is 0 Å². The number of aromatic amines is 2. The molecule has 13 nitrogen and oxygen atoms in total. The Morgan fingerprint density at radius 3 is 1.56 bits per heavy atom. The second-order valence-corrected chi connectivity index (χ2v) is 13.9. The van der Waals surface area contributed by atoms with Crippen molar-refractivity contribution < 1.29 is 29.7 Å². The molecule has 0 aliphatic carbocycles. The van der Waals surface area contributed by atoms with Gasteiger partial charge in [0.1, 0.15) is 22.6 Å². The fourth-order valence-corrected chi connectivity index (χ4v) is 7.30. The van der Waals surface area contributed by atoms with Gasteiger partial charge in [-0.1, -0.05) is 84.9 Å². The fourth-order valence-electron chi connectivity index (χ4n) is 6.47. The second-order valence-electron chi connectivity index (χ2n) is 12.5. The summed E-state index contributed by atoms with van der Waals surface area (Å²) >= 11 is 0. The van der Waals surface area contributed by atoms with Gasteiger partial charge in [-0.25, -0.2) is 29.9 Å². The Bertz CT molecular complexity index is 2810. The molecular weight excluding hydrogens is 728 g/mol. The minimum atomic E-state index is -4.17. The first-order valence-corrected chi connectivity index (χ1v) is 17.8. The van der Waals surface area contributed by atoms with Gasteiger partial charge in [-0.2, -0.15) is 13.1 Å². The third-order valence-electron chi connectivity index (χ3n) is 8.80. The molecule has 2 aliphatic rings.